The lowest BCUT2D eigenvalue weighted by Crippen LogP contribution is -2.45. The van der Waals surface area contributed by atoms with Crippen molar-refractivity contribution in [3.8, 4) is 5.75 Å². The highest BCUT2D eigenvalue weighted by Crippen LogP contribution is 2.41. The molecule has 3 N–H and O–H groups in total. The number of phenols is 1. The van der Waals surface area contributed by atoms with Gasteiger partial charge >= 0.3 is 5.97 Å². The summed E-state index contributed by atoms with van der Waals surface area (Å²) in [5.41, 5.74) is 3.40. The van der Waals surface area contributed by atoms with Crippen molar-refractivity contribution in [2.24, 2.45) is 0 Å². The second-order valence-electron chi connectivity index (χ2n) is 11.4. The number of fused-ring (bicyclic) bond motifs is 1. The van der Waals surface area contributed by atoms with Crippen LogP contribution >= 0.6 is 24.0 Å². The minimum Gasteiger partial charge on any atom is -0.507 e. The van der Waals surface area contributed by atoms with E-state index in [4.69, 9.17) is 12.2 Å². The van der Waals surface area contributed by atoms with Gasteiger partial charge in [-0.2, -0.15) is 0 Å². The van der Waals surface area contributed by atoms with E-state index in [9.17, 15) is 19.8 Å². The number of carbonyl (C=O) groups excluding carboxylic acids is 1. The Balaban J connectivity index is 1.72. The Labute approximate surface area is 226 Å². The summed E-state index contributed by atoms with van der Waals surface area (Å²) in [5, 5.41) is 22.0. The average molecular weight is 537 g/mol. The molecule has 6 nitrogen and oxygen atoms in total. The highest BCUT2D eigenvalue weighted by atomic mass is 32.2. The van der Waals surface area contributed by atoms with E-state index in [1.165, 1.54) is 4.90 Å². The molecular formula is C29H32N2O4S2. The summed E-state index contributed by atoms with van der Waals surface area (Å²) < 4.78 is 0.217. The zero-order chi connectivity index (χ0) is 27.3. The van der Waals surface area contributed by atoms with E-state index in [0.29, 0.717) is 4.91 Å². The molecule has 1 unspecified atom stereocenters. The van der Waals surface area contributed by atoms with Gasteiger partial charge in [0, 0.05) is 34.6 Å². The molecule has 4 rings (SSSR count). The number of hydrogen-bond donors (Lipinski definition) is 3. The third kappa shape index (κ3) is 5.31. The van der Waals surface area contributed by atoms with Gasteiger partial charge in [0.1, 0.15) is 16.1 Å². The van der Waals surface area contributed by atoms with Crippen LogP contribution in [-0.4, -0.2) is 42.3 Å². The van der Waals surface area contributed by atoms with Gasteiger partial charge in [-0.3, -0.25) is 9.69 Å². The van der Waals surface area contributed by atoms with E-state index in [2.05, 4.69) is 4.98 Å². The van der Waals surface area contributed by atoms with Crippen LogP contribution in [0.4, 0.5) is 0 Å². The van der Waals surface area contributed by atoms with Crippen LogP contribution < -0.4 is 0 Å². The van der Waals surface area contributed by atoms with E-state index in [-0.39, 0.29) is 27.3 Å². The van der Waals surface area contributed by atoms with E-state index >= 15 is 0 Å². The molecule has 8 heteroatoms. The second kappa shape index (κ2) is 9.65. The number of carboxylic acids is 1. The molecule has 1 atom stereocenters. The fourth-order valence-corrected chi connectivity index (χ4v) is 5.94. The minimum atomic E-state index is -1.13. The van der Waals surface area contributed by atoms with Gasteiger partial charge in [0.15, 0.2) is 0 Å². The van der Waals surface area contributed by atoms with E-state index in [0.717, 1.165) is 44.9 Å². The maximum absolute atomic E-state index is 13.5. The lowest BCUT2D eigenvalue weighted by Gasteiger charge is -2.28. The first-order chi connectivity index (χ1) is 17.2. The molecule has 194 valence electrons. The molecule has 1 aliphatic rings. The molecule has 37 heavy (non-hydrogen) atoms. The molecule has 3 aromatic rings. The third-order valence-corrected chi connectivity index (χ3v) is 7.88. The van der Waals surface area contributed by atoms with Crippen LogP contribution in [0.1, 0.15) is 63.8 Å². The van der Waals surface area contributed by atoms with Crippen LogP contribution in [0.2, 0.25) is 0 Å². The summed E-state index contributed by atoms with van der Waals surface area (Å²) in [7, 11) is 0. The fraction of sp³-hybridized carbons (Fsp3) is 0.345. The number of carboxylic acid groups (broad SMARTS) is 1. The van der Waals surface area contributed by atoms with E-state index < -0.39 is 17.9 Å². The van der Waals surface area contributed by atoms with Crippen molar-refractivity contribution >= 4 is 57.2 Å². The molecule has 0 aliphatic carbocycles. The predicted molar refractivity (Wildman–Crippen MR) is 154 cm³/mol. The Morgan fingerprint density at radius 2 is 1.70 bits per heavy atom. The monoisotopic (exact) mass is 536 g/mol. The van der Waals surface area contributed by atoms with Crippen molar-refractivity contribution in [2.75, 3.05) is 0 Å². The zero-order valence-electron chi connectivity index (χ0n) is 21.9. The van der Waals surface area contributed by atoms with Crippen LogP contribution in [0.15, 0.2) is 47.5 Å². The maximum atomic E-state index is 13.5. The first kappa shape index (κ1) is 26.9. The fourth-order valence-electron chi connectivity index (χ4n) is 4.58. The van der Waals surface area contributed by atoms with Gasteiger partial charge < -0.3 is 15.2 Å². The second-order valence-corrected chi connectivity index (χ2v) is 13.1. The number of hydrogen-bond acceptors (Lipinski definition) is 5. The number of para-hydroxylation sites is 1. The molecule has 0 radical (unpaired) electrons. The van der Waals surface area contributed by atoms with Gasteiger partial charge in [-0.25, -0.2) is 4.79 Å². The van der Waals surface area contributed by atoms with Gasteiger partial charge in [0.05, 0.1) is 4.91 Å². The number of aliphatic carboxylic acids is 1. The number of amides is 1. The van der Waals surface area contributed by atoms with Crippen LogP contribution in [0.5, 0.6) is 5.75 Å². The Morgan fingerprint density at radius 1 is 1.11 bits per heavy atom. The van der Waals surface area contributed by atoms with Crippen molar-refractivity contribution in [2.45, 2.75) is 64.8 Å². The molecule has 0 bridgehead atoms. The lowest BCUT2D eigenvalue weighted by atomic mass is 9.78. The van der Waals surface area contributed by atoms with E-state index in [1.807, 2.05) is 77.9 Å². The summed E-state index contributed by atoms with van der Waals surface area (Å²) in [6.45, 7) is 12.2. The molecule has 1 saturated heterocycles. The Bertz CT molecular complexity index is 1410. The summed E-state index contributed by atoms with van der Waals surface area (Å²) in [5.74, 6) is -1.28. The highest BCUT2D eigenvalue weighted by Gasteiger charge is 2.41. The highest BCUT2D eigenvalue weighted by molar-refractivity contribution is 8.26. The summed E-state index contributed by atoms with van der Waals surface area (Å²) in [4.78, 5) is 30.6. The van der Waals surface area contributed by atoms with Crippen molar-refractivity contribution in [3.63, 3.8) is 0 Å². The van der Waals surface area contributed by atoms with Crippen molar-refractivity contribution in [3.05, 3.63) is 69.8 Å². The van der Waals surface area contributed by atoms with Gasteiger partial charge in [0.2, 0.25) is 0 Å². The lowest BCUT2D eigenvalue weighted by molar-refractivity contribution is -0.145. The van der Waals surface area contributed by atoms with Crippen molar-refractivity contribution in [1.82, 2.24) is 9.88 Å². The molecule has 1 aromatic heterocycles. The first-order valence-corrected chi connectivity index (χ1v) is 13.3. The van der Waals surface area contributed by atoms with Gasteiger partial charge in [-0.1, -0.05) is 83.7 Å². The number of thioether (sulfide) groups is 1. The molecular weight excluding hydrogens is 504 g/mol. The summed E-state index contributed by atoms with van der Waals surface area (Å²) in [6.07, 6.45) is 3.65. The first-order valence-electron chi connectivity index (χ1n) is 12.1. The number of aromatic nitrogens is 1. The number of phenolic OH excluding ortho intramolecular Hbond substituents is 1. The van der Waals surface area contributed by atoms with Crippen molar-refractivity contribution < 1.29 is 19.8 Å². The van der Waals surface area contributed by atoms with Gasteiger partial charge in [0.25, 0.3) is 5.91 Å². The van der Waals surface area contributed by atoms with Crippen LogP contribution in [-0.2, 0) is 26.8 Å². The molecule has 2 aromatic carbocycles. The average Bonchev–Trinajstić information content (AvgIpc) is 3.31. The number of rotatable bonds is 5. The number of benzene rings is 2. The number of carbonyl (C=O) groups is 2. The Morgan fingerprint density at radius 3 is 2.27 bits per heavy atom. The molecule has 2 heterocycles. The zero-order valence-corrected chi connectivity index (χ0v) is 23.5. The standard InChI is InChI=1S/C29H32N2O4S2/c1-28(2,3)19-11-16(12-20(24(19)32)29(4,5)6)13-23-25(33)31(27(36)37-23)22(26(34)35)14-17-15-30-21-10-8-7-9-18(17)21/h7-13,15,22,30,32H,14H2,1-6H3,(H,34,35)/b23-13-. The number of nitrogens with zero attached hydrogens (tertiary/aromatic N) is 1. The molecule has 1 amide bonds. The third-order valence-electron chi connectivity index (χ3n) is 6.55. The number of nitrogens with one attached hydrogen (secondary N) is 1. The van der Waals surface area contributed by atoms with Crippen molar-refractivity contribution in [1.29, 1.82) is 0 Å². The predicted octanol–water partition coefficient (Wildman–Crippen LogP) is 6.37. The normalized spacial score (nSPS) is 16.7. The van der Waals surface area contributed by atoms with Crippen LogP contribution in [0.25, 0.3) is 17.0 Å². The summed E-state index contributed by atoms with van der Waals surface area (Å²) >= 11 is 6.61. The largest absolute Gasteiger partial charge is 0.507 e. The number of aromatic hydroxyl groups is 1. The molecule has 0 spiro atoms. The molecule has 0 saturated carbocycles. The smallest absolute Gasteiger partial charge is 0.327 e. The number of aromatic amines is 1. The summed E-state index contributed by atoms with van der Waals surface area (Å²) in [6, 6.07) is 10.3. The van der Waals surface area contributed by atoms with Crippen LogP contribution in [0.3, 0.4) is 0 Å². The number of H-pyrrole nitrogens is 1. The topological polar surface area (TPSA) is 93.6 Å². The minimum absolute atomic E-state index is 0.126. The van der Waals surface area contributed by atoms with Gasteiger partial charge in [-0.15, -0.1) is 0 Å². The maximum Gasteiger partial charge on any atom is 0.327 e. The van der Waals surface area contributed by atoms with E-state index in [1.54, 1.807) is 12.3 Å². The number of thiocarbonyl (C=S) groups is 1. The Hall–Kier alpha value is -3.10. The molecule has 1 fully saturated rings. The van der Waals surface area contributed by atoms with Gasteiger partial charge in [-0.05, 0) is 46.2 Å². The quantitative estimate of drug-likeness (QED) is 0.259. The SMILES string of the molecule is CC(C)(C)c1cc(/C=C2\SC(=S)N(C(Cc3c[nH]c4ccccc34)C(=O)O)C2=O)cc(C(C)(C)C)c1O. The Kier molecular flexibility index (Phi) is 7.03. The molecule has 1 aliphatic heterocycles. The van der Waals surface area contributed by atoms with Crippen LogP contribution in [0, 0.1) is 0 Å².